The van der Waals surface area contributed by atoms with Crippen LogP contribution in [0.4, 0.5) is 4.39 Å². The smallest absolute Gasteiger partial charge is 0.178 e. The van der Waals surface area contributed by atoms with E-state index in [1.54, 1.807) is 23.7 Å². The fourth-order valence-electron chi connectivity index (χ4n) is 0.829. The van der Waals surface area contributed by atoms with Gasteiger partial charge in [0.15, 0.2) is 4.34 Å². The van der Waals surface area contributed by atoms with Crippen molar-refractivity contribution in [2.75, 3.05) is 0 Å². The minimum atomic E-state index is -0.220. The Kier molecular flexibility index (Phi) is 2.56. The summed E-state index contributed by atoms with van der Waals surface area (Å²) in [4.78, 5) is 0.583. The molecule has 5 heteroatoms. The van der Waals surface area contributed by atoms with Crippen molar-refractivity contribution in [1.82, 2.24) is 10.2 Å². The third-order valence-corrected chi connectivity index (χ3v) is 3.20. The van der Waals surface area contributed by atoms with E-state index in [2.05, 4.69) is 10.2 Å². The Morgan fingerprint density at radius 2 is 2.15 bits per heavy atom. The van der Waals surface area contributed by atoms with Crippen molar-refractivity contribution in [2.45, 2.75) is 9.24 Å². The maximum atomic E-state index is 13.1. The van der Waals surface area contributed by atoms with Gasteiger partial charge in [-0.05, 0) is 12.1 Å². The zero-order valence-electron chi connectivity index (χ0n) is 6.48. The standard InChI is InChI=1S/C8H5FN2S2/c9-6-3-1-2-4-7(6)13-8-11-10-5-12-8/h1-5H. The molecular weight excluding hydrogens is 207 g/mol. The largest absolute Gasteiger partial charge is 0.206 e. The Balaban J connectivity index is 2.24. The monoisotopic (exact) mass is 212 g/mol. The first-order valence-corrected chi connectivity index (χ1v) is 5.24. The van der Waals surface area contributed by atoms with E-state index in [0.29, 0.717) is 4.90 Å². The lowest BCUT2D eigenvalue weighted by molar-refractivity contribution is 0.602. The van der Waals surface area contributed by atoms with Crippen molar-refractivity contribution >= 4 is 23.1 Å². The molecule has 0 N–H and O–H groups in total. The molecule has 1 heterocycles. The summed E-state index contributed by atoms with van der Waals surface area (Å²) in [6.07, 6.45) is 0. The number of nitrogens with zero attached hydrogens (tertiary/aromatic N) is 2. The Morgan fingerprint density at radius 1 is 1.31 bits per heavy atom. The van der Waals surface area contributed by atoms with Crippen molar-refractivity contribution in [3.63, 3.8) is 0 Å². The van der Waals surface area contributed by atoms with E-state index >= 15 is 0 Å². The van der Waals surface area contributed by atoms with E-state index in [-0.39, 0.29) is 5.82 Å². The molecule has 0 aliphatic carbocycles. The molecule has 2 rings (SSSR count). The fraction of sp³-hybridized carbons (Fsp3) is 0. The van der Waals surface area contributed by atoms with Crippen molar-refractivity contribution in [3.05, 3.63) is 35.6 Å². The fourth-order valence-corrected chi connectivity index (χ4v) is 2.29. The van der Waals surface area contributed by atoms with Gasteiger partial charge in [0.25, 0.3) is 0 Å². The van der Waals surface area contributed by atoms with Gasteiger partial charge in [-0.3, -0.25) is 0 Å². The van der Waals surface area contributed by atoms with E-state index in [0.717, 1.165) is 4.34 Å². The van der Waals surface area contributed by atoms with Gasteiger partial charge in [-0.15, -0.1) is 10.2 Å². The van der Waals surface area contributed by atoms with Crippen LogP contribution in [0.25, 0.3) is 0 Å². The molecule has 13 heavy (non-hydrogen) atoms. The van der Waals surface area contributed by atoms with Crippen molar-refractivity contribution in [1.29, 1.82) is 0 Å². The number of hydrogen-bond donors (Lipinski definition) is 0. The molecule has 0 aliphatic rings. The molecule has 0 spiro atoms. The highest BCUT2D eigenvalue weighted by molar-refractivity contribution is 8.01. The molecule has 1 aromatic carbocycles. The van der Waals surface area contributed by atoms with Crippen LogP contribution in [0.2, 0.25) is 0 Å². The maximum absolute atomic E-state index is 13.1. The predicted octanol–water partition coefficient (Wildman–Crippen LogP) is 2.83. The van der Waals surface area contributed by atoms with Gasteiger partial charge in [0, 0.05) is 0 Å². The van der Waals surface area contributed by atoms with Gasteiger partial charge < -0.3 is 0 Å². The summed E-state index contributed by atoms with van der Waals surface area (Å²) in [6, 6.07) is 6.62. The summed E-state index contributed by atoms with van der Waals surface area (Å²) in [5.41, 5.74) is 1.63. The number of aromatic nitrogens is 2. The van der Waals surface area contributed by atoms with Gasteiger partial charge in [0.1, 0.15) is 11.3 Å². The first kappa shape index (κ1) is 8.65. The van der Waals surface area contributed by atoms with E-state index in [1.165, 1.54) is 29.2 Å². The predicted molar refractivity (Wildman–Crippen MR) is 50.4 cm³/mol. The molecule has 0 aliphatic heterocycles. The summed E-state index contributed by atoms with van der Waals surface area (Å²) >= 11 is 2.69. The lowest BCUT2D eigenvalue weighted by Gasteiger charge is -1.97. The second-order valence-corrected chi connectivity index (χ2v) is 4.36. The molecule has 0 radical (unpaired) electrons. The van der Waals surface area contributed by atoms with E-state index in [4.69, 9.17) is 0 Å². The molecule has 2 aromatic rings. The molecule has 0 unspecified atom stereocenters. The molecule has 0 saturated carbocycles. The second kappa shape index (κ2) is 3.85. The number of rotatable bonds is 2. The molecule has 0 saturated heterocycles. The van der Waals surface area contributed by atoms with Crippen LogP contribution in [0.3, 0.4) is 0 Å². The zero-order valence-corrected chi connectivity index (χ0v) is 8.11. The summed E-state index contributed by atoms with van der Waals surface area (Å²) in [7, 11) is 0. The van der Waals surface area contributed by atoms with E-state index in [1.807, 2.05) is 0 Å². The second-order valence-electron chi connectivity index (χ2n) is 2.24. The first-order chi connectivity index (χ1) is 6.36. The Bertz CT molecular complexity index is 389. The Morgan fingerprint density at radius 3 is 2.85 bits per heavy atom. The summed E-state index contributed by atoms with van der Waals surface area (Å²) < 4.78 is 13.9. The third kappa shape index (κ3) is 2.05. The van der Waals surface area contributed by atoms with Crippen LogP contribution >= 0.6 is 23.1 Å². The number of halogens is 1. The average molecular weight is 212 g/mol. The van der Waals surface area contributed by atoms with Gasteiger partial charge >= 0.3 is 0 Å². The number of benzene rings is 1. The van der Waals surface area contributed by atoms with Crippen LogP contribution in [0, 0.1) is 5.82 Å². The molecule has 66 valence electrons. The van der Waals surface area contributed by atoms with Crippen LogP contribution in [-0.4, -0.2) is 10.2 Å². The first-order valence-electron chi connectivity index (χ1n) is 3.55. The van der Waals surface area contributed by atoms with Gasteiger partial charge in [-0.25, -0.2) is 4.39 Å². The van der Waals surface area contributed by atoms with Crippen LogP contribution in [-0.2, 0) is 0 Å². The average Bonchev–Trinajstić information content (AvgIpc) is 2.61. The maximum Gasteiger partial charge on any atom is 0.178 e. The molecule has 0 atom stereocenters. The quantitative estimate of drug-likeness (QED) is 0.765. The molecule has 0 fully saturated rings. The van der Waals surface area contributed by atoms with Gasteiger partial charge in [-0.2, -0.15) is 0 Å². The molecule has 0 bridgehead atoms. The highest BCUT2D eigenvalue weighted by Crippen LogP contribution is 2.29. The summed E-state index contributed by atoms with van der Waals surface area (Å²) in [5, 5.41) is 7.49. The number of hydrogen-bond acceptors (Lipinski definition) is 4. The van der Waals surface area contributed by atoms with Crippen LogP contribution in [0.1, 0.15) is 0 Å². The molecule has 1 aromatic heterocycles. The van der Waals surface area contributed by atoms with Gasteiger partial charge in [-0.1, -0.05) is 35.2 Å². The Hall–Kier alpha value is -0.940. The van der Waals surface area contributed by atoms with Gasteiger partial charge in [0.05, 0.1) is 4.90 Å². The lowest BCUT2D eigenvalue weighted by Crippen LogP contribution is -1.78. The summed E-state index contributed by atoms with van der Waals surface area (Å²) in [6.45, 7) is 0. The van der Waals surface area contributed by atoms with Crippen molar-refractivity contribution in [2.24, 2.45) is 0 Å². The van der Waals surface area contributed by atoms with Crippen LogP contribution in [0.15, 0.2) is 39.0 Å². The van der Waals surface area contributed by atoms with Gasteiger partial charge in [0.2, 0.25) is 0 Å². The highest BCUT2D eigenvalue weighted by Gasteiger charge is 2.04. The van der Waals surface area contributed by atoms with E-state index in [9.17, 15) is 4.39 Å². The van der Waals surface area contributed by atoms with Crippen LogP contribution < -0.4 is 0 Å². The minimum Gasteiger partial charge on any atom is -0.206 e. The van der Waals surface area contributed by atoms with Crippen molar-refractivity contribution < 1.29 is 4.39 Å². The van der Waals surface area contributed by atoms with Crippen molar-refractivity contribution in [3.8, 4) is 0 Å². The van der Waals surface area contributed by atoms with E-state index < -0.39 is 0 Å². The highest BCUT2D eigenvalue weighted by atomic mass is 32.2. The Labute approximate surface area is 82.8 Å². The molecule has 2 nitrogen and oxygen atoms in total. The summed E-state index contributed by atoms with van der Waals surface area (Å²) in [5.74, 6) is -0.220. The third-order valence-electron chi connectivity index (χ3n) is 1.37. The zero-order chi connectivity index (χ0) is 9.10. The SMILES string of the molecule is Fc1ccccc1Sc1nncs1. The van der Waals surface area contributed by atoms with Crippen LogP contribution in [0.5, 0.6) is 0 Å². The molecular formula is C8H5FN2S2. The minimum absolute atomic E-state index is 0.220. The molecule has 0 amide bonds. The lowest BCUT2D eigenvalue weighted by atomic mass is 10.4. The topological polar surface area (TPSA) is 25.8 Å². The normalized spacial score (nSPS) is 10.2.